The predicted molar refractivity (Wildman–Crippen MR) is 49.9 cm³/mol. The number of carbonyl (C=O) groups is 1. The molecule has 3 nitrogen and oxygen atoms in total. The molecule has 0 bridgehead atoms. The molecule has 1 N–H and O–H groups in total. The third-order valence-corrected chi connectivity index (χ3v) is 2.44. The largest absolute Gasteiger partial charge is 0.328 e. The molecular weight excluding hydrogens is 283 g/mol. The standard InChI is InChI=1S/C7H3BrClF2NO2/c8-4-3(5(9)13)2(6(10)11)1-12-7(4)14/h1,6H,(H,12,14). The highest BCUT2D eigenvalue weighted by molar-refractivity contribution is 9.10. The summed E-state index contributed by atoms with van der Waals surface area (Å²) in [5.74, 6) is 0. The third kappa shape index (κ3) is 2.01. The molecule has 0 saturated carbocycles. The molecule has 1 aromatic rings. The quantitative estimate of drug-likeness (QED) is 0.849. The van der Waals surface area contributed by atoms with E-state index >= 15 is 0 Å². The summed E-state index contributed by atoms with van der Waals surface area (Å²) in [6, 6.07) is 0. The summed E-state index contributed by atoms with van der Waals surface area (Å²) >= 11 is 7.79. The number of nitrogens with one attached hydrogen (secondary N) is 1. The smallest absolute Gasteiger partial charge is 0.266 e. The van der Waals surface area contributed by atoms with Gasteiger partial charge in [0, 0.05) is 11.8 Å². The Bertz CT molecular complexity index is 432. The van der Waals surface area contributed by atoms with E-state index in [1.807, 2.05) is 0 Å². The molecule has 0 fully saturated rings. The summed E-state index contributed by atoms with van der Waals surface area (Å²) in [5.41, 5.74) is -1.78. The Morgan fingerprint density at radius 1 is 1.57 bits per heavy atom. The molecule has 1 rings (SSSR count). The van der Waals surface area contributed by atoms with E-state index in [-0.39, 0.29) is 4.47 Å². The summed E-state index contributed by atoms with van der Waals surface area (Å²) in [4.78, 5) is 23.8. The summed E-state index contributed by atoms with van der Waals surface area (Å²) in [6.07, 6.45) is -2.10. The van der Waals surface area contributed by atoms with Crippen molar-refractivity contribution in [1.82, 2.24) is 4.98 Å². The normalized spacial score (nSPS) is 10.6. The van der Waals surface area contributed by atoms with Crippen molar-refractivity contribution in [3.05, 3.63) is 32.2 Å². The van der Waals surface area contributed by atoms with Crippen LogP contribution in [-0.4, -0.2) is 10.2 Å². The summed E-state index contributed by atoms with van der Waals surface area (Å²) in [7, 11) is 0. The number of halogens is 4. The highest BCUT2D eigenvalue weighted by Crippen LogP contribution is 2.26. The molecule has 0 aliphatic rings. The zero-order valence-electron chi connectivity index (χ0n) is 6.48. The Hall–Kier alpha value is -0.750. The van der Waals surface area contributed by atoms with Crippen LogP contribution >= 0.6 is 27.5 Å². The summed E-state index contributed by atoms with van der Waals surface area (Å²) in [6.45, 7) is 0. The van der Waals surface area contributed by atoms with Gasteiger partial charge in [-0.1, -0.05) is 0 Å². The van der Waals surface area contributed by atoms with Gasteiger partial charge in [-0.2, -0.15) is 0 Å². The van der Waals surface area contributed by atoms with Gasteiger partial charge in [-0.3, -0.25) is 9.59 Å². The molecule has 0 spiro atoms. The van der Waals surface area contributed by atoms with Crippen LogP contribution in [0.3, 0.4) is 0 Å². The minimum atomic E-state index is -2.87. The first-order valence-corrected chi connectivity index (χ1v) is 4.51. The predicted octanol–water partition coefficient (Wildman–Crippen LogP) is 2.45. The van der Waals surface area contributed by atoms with Crippen molar-refractivity contribution < 1.29 is 13.6 Å². The van der Waals surface area contributed by atoms with Gasteiger partial charge in [0.1, 0.15) is 0 Å². The first-order valence-electron chi connectivity index (χ1n) is 3.34. The molecule has 76 valence electrons. The van der Waals surface area contributed by atoms with Crippen molar-refractivity contribution in [2.24, 2.45) is 0 Å². The van der Waals surface area contributed by atoms with Gasteiger partial charge in [0.15, 0.2) is 0 Å². The summed E-state index contributed by atoms with van der Waals surface area (Å²) < 4.78 is 24.4. The topological polar surface area (TPSA) is 49.9 Å². The van der Waals surface area contributed by atoms with Gasteiger partial charge >= 0.3 is 0 Å². The number of H-pyrrole nitrogens is 1. The van der Waals surface area contributed by atoms with E-state index < -0.39 is 28.4 Å². The molecule has 1 heterocycles. The van der Waals surface area contributed by atoms with E-state index in [1.54, 1.807) is 0 Å². The summed E-state index contributed by atoms with van der Waals surface area (Å²) in [5, 5.41) is -1.10. The number of aromatic nitrogens is 1. The van der Waals surface area contributed by atoms with Gasteiger partial charge in [-0.05, 0) is 27.5 Å². The fourth-order valence-electron chi connectivity index (χ4n) is 0.891. The highest BCUT2D eigenvalue weighted by Gasteiger charge is 2.21. The zero-order chi connectivity index (χ0) is 10.9. The lowest BCUT2D eigenvalue weighted by Gasteiger charge is -2.05. The minimum absolute atomic E-state index is 0.282. The van der Waals surface area contributed by atoms with Crippen LogP contribution in [0.25, 0.3) is 0 Å². The molecular formula is C7H3BrClF2NO2. The molecule has 0 amide bonds. The second-order valence-corrected chi connectivity index (χ2v) is 3.47. The van der Waals surface area contributed by atoms with Crippen LogP contribution in [0.5, 0.6) is 0 Å². The van der Waals surface area contributed by atoms with Crippen molar-refractivity contribution in [3.8, 4) is 0 Å². The Balaban J connectivity index is 3.54. The molecule has 0 aliphatic carbocycles. The molecule has 0 saturated heterocycles. The first-order chi connectivity index (χ1) is 6.45. The Morgan fingerprint density at radius 2 is 2.14 bits per heavy atom. The Kier molecular flexibility index (Phi) is 3.38. The SMILES string of the molecule is O=C(Cl)c1c(C(F)F)c[nH]c(=O)c1Br. The van der Waals surface area contributed by atoms with Gasteiger partial charge in [-0.25, -0.2) is 8.78 Å². The van der Waals surface area contributed by atoms with Gasteiger partial charge in [-0.15, -0.1) is 0 Å². The van der Waals surface area contributed by atoms with Crippen LogP contribution in [0, 0.1) is 0 Å². The lowest BCUT2D eigenvalue weighted by Crippen LogP contribution is -2.13. The number of carbonyl (C=O) groups excluding carboxylic acids is 1. The number of hydrogen-bond donors (Lipinski definition) is 1. The van der Waals surface area contributed by atoms with Gasteiger partial charge in [0.2, 0.25) is 0 Å². The van der Waals surface area contributed by atoms with Crippen molar-refractivity contribution in [3.63, 3.8) is 0 Å². The van der Waals surface area contributed by atoms with Crippen LogP contribution in [0.4, 0.5) is 8.78 Å². The van der Waals surface area contributed by atoms with Crippen LogP contribution in [0.15, 0.2) is 15.5 Å². The molecule has 0 radical (unpaired) electrons. The van der Waals surface area contributed by atoms with Crippen molar-refractivity contribution in [2.75, 3.05) is 0 Å². The lowest BCUT2D eigenvalue weighted by atomic mass is 10.1. The lowest BCUT2D eigenvalue weighted by molar-refractivity contribution is 0.106. The van der Waals surface area contributed by atoms with Crippen LogP contribution in [-0.2, 0) is 0 Å². The molecule has 0 aliphatic heterocycles. The molecule has 0 aromatic carbocycles. The molecule has 1 aromatic heterocycles. The van der Waals surface area contributed by atoms with E-state index in [0.29, 0.717) is 0 Å². The second-order valence-electron chi connectivity index (χ2n) is 2.34. The van der Waals surface area contributed by atoms with Crippen LogP contribution in [0.2, 0.25) is 0 Å². The Morgan fingerprint density at radius 3 is 2.57 bits per heavy atom. The number of pyridine rings is 1. The van der Waals surface area contributed by atoms with Gasteiger partial charge in [0.05, 0.1) is 10.0 Å². The van der Waals surface area contributed by atoms with E-state index in [2.05, 4.69) is 20.9 Å². The number of hydrogen-bond acceptors (Lipinski definition) is 2. The molecule has 14 heavy (non-hydrogen) atoms. The average Bonchev–Trinajstić information content (AvgIpc) is 2.08. The Labute approximate surface area is 90.2 Å². The van der Waals surface area contributed by atoms with Crippen LogP contribution < -0.4 is 5.56 Å². The number of rotatable bonds is 2. The number of alkyl halides is 2. The van der Waals surface area contributed by atoms with E-state index in [1.165, 1.54) is 0 Å². The van der Waals surface area contributed by atoms with E-state index in [0.717, 1.165) is 6.20 Å². The maximum Gasteiger partial charge on any atom is 0.266 e. The maximum absolute atomic E-state index is 12.3. The van der Waals surface area contributed by atoms with Crippen LogP contribution in [0.1, 0.15) is 22.3 Å². The molecule has 0 atom stereocenters. The minimum Gasteiger partial charge on any atom is -0.328 e. The fraction of sp³-hybridized carbons (Fsp3) is 0.143. The highest BCUT2D eigenvalue weighted by atomic mass is 79.9. The van der Waals surface area contributed by atoms with Crippen molar-refractivity contribution in [2.45, 2.75) is 6.43 Å². The third-order valence-electron chi connectivity index (χ3n) is 1.50. The first kappa shape index (κ1) is 11.3. The molecule has 0 unspecified atom stereocenters. The molecule has 7 heteroatoms. The number of aromatic amines is 1. The zero-order valence-corrected chi connectivity index (χ0v) is 8.82. The van der Waals surface area contributed by atoms with Gasteiger partial charge in [0.25, 0.3) is 17.2 Å². The van der Waals surface area contributed by atoms with Crippen molar-refractivity contribution in [1.29, 1.82) is 0 Å². The maximum atomic E-state index is 12.3. The van der Waals surface area contributed by atoms with E-state index in [4.69, 9.17) is 11.6 Å². The van der Waals surface area contributed by atoms with E-state index in [9.17, 15) is 18.4 Å². The van der Waals surface area contributed by atoms with Crippen molar-refractivity contribution >= 4 is 32.8 Å². The van der Waals surface area contributed by atoms with Gasteiger partial charge < -0.3 is 4.98 Å². The fourth-order valence-corrected chi connectivity index (χ4v) is 1.73. The second kappa shape index (κ2) is 4.18. The monoisotopic (exact) mass is 285 g/mol. The average molecular weight is 286 g/mol.